The van der Waals surface area contributed by atoms with E-state index in [-0.39, 0.29) is 60.0 Å². The van der Waals surface area contributed by atoms with E-state index < -0.39 is 0 Å². The number of hydrogen-bond donors (Lipinski definition) is 1. The van der Waals surface area contributed by atoms with E-state index in [1.54, 1.807) is 0 Å². The molecule has 0 amide bonds. The van der Waals surface area contributed by atoms with Crippen LogP contribution in [0.25, 0.3) is 0 Å². The first-order valence-electron chi connectivity index (χ1n) is 4.39. The minimum Gasteiger partial charge on any atom is -0.505 e. The summed E-state index contributed by atoms with van der Waals surface area (Å²) >= 11 is 27.9. The smallest absolute Gasteiger partial charge is 0.505 e. The summed E-state index contributed by atoms with van der Waals surface area (Å²) in [5.41, 5.74) is 0. The van der Waals surface area contributed by atoms with Gasteiger partial charge in [0.25, 0.3) is 0 Å². The molecule has 0 saturated heterocycles. The zero-order valence-electron chi connectivity index (χ0n) is 9.78. The van der Waals surface area contributed by atoms with Crippen LogP contribution < -0.4 is 0 Å². The predicted molar refractivity (Wildman–Crippen MR) is 81.1 cm³/mol. The Hall–Kier alpha value is 0.664. The van der Waals surface area contributed by atoms with Crippen LogP contribution >= 0.6 is 58.0 Å². The number of halogens is 5. The summed E-state index contributed by atoms with van der Waals surface area (Å²) in [7, 11) is 0. The molecule has 1 aliphatic rings. The van der Waals surface area contributed by atoms with Crippen LogP contribution in [-0.4, -0.2) is 5.11 Å². The molecule has 19 heavy (non-hydrogen) atoms. The van der Waals surface area contributed by atoms with Crippen LogP contribution in [0.2, 0.25) is 25.1 Å². The molecule has 0 unspecified atom stereocenters. The SMILES string of the molecule is Oc1c(Cl)c(Cl)c(Cl)c(Cl)c1Cl.[C-]1=CC=CC1.[CH3-].[Ti+2]. The number of phenolic OH excluding ortho intramolecular Hbond substituents is 1. The molecule has 0 saturated carbocycles. The fraction of sp³-hybridized carbons (Fsp3) is 0.0833. The van der Waals surface area contributed by atoms with Crippen LogP contribution in [0.3, 0.4) is 0 Å². The fourth-order valence-corrected chi connectivity index (χ4v) is 2.06. The number of allylic oxidation sites excluding steroid dienone is 4. The molecule has 0 atom stereocenters. The molecule has 1 nitrogen and oxygen atoms in total. The maximum atomic E-state index is 9.20. The van der Waals surface area contributed by atoms with Crippen molar-refractivity contribution in [3.8, 4) is 5.75 Å². The van der Waals surface area contributed by atoms with Crippen LogP contribution in [0, 0.1) is 13.5 Å². The van der Waals surface area contributed by atoms with E-state index in [0.29, 0.717) is 0 Å². The molecule has 1 aromatic rings. The molecule has 0 aliphatic heterocycles. The van der Waals surface area contributed by atoms with Gasteiger partial charge in [-0.25, -0.2) is 12.2 Å². The van der Waals surface area contributed by atoms with Gasteiger partial charge in [0.1, 0.15) is 10.0 Å². The van der Waals surface area contributed by atoms with Crippen molar-refractivity contribution in [3.63, 3.8) is 0 Å². The molecular weight excluding hydrogens is 385 g/mol. The van der Waals surface area contributed by atoms with Crippen LogP contribution in [0.4, 0.5) is 0 Å². The third-order valence-corrected chi connectivity index (χ3v) is 4.03. The molecule has 0 radical (unpaired) electrons. The minimum atomic E-state index is -0.363. The van der Waals surface area contributed by atoms with Crippen molar-refractivity contribution in [2.45, 2.75) is 6.42 Å². The zero-order valence-corrected chi connectivity index (χ0v) is 15.1. The molecule has 0 bridgehead atoms. The van der Waals surface area contributed by atoms with E-state index >= 15 is 0 Å². The second-order valence-electron chi connectivity index (χ2n) is 2.92. The van der Waals surface area contributed by atoms with Gasteiger partial charge in [-0.2, -0.15) is 6.08 Å². The standard InChI is InChI=1S/C6HCl5O.C5H5.CH3.Ti/c7-1-2(8)4(10)6(12)5(11)3(1)9;1-2-4-5-3-1;;/h12H;1-3H,4H2;1H3;/q;2*-1;+2. The Morgan fingerprint density at radius 3 is 1.58 bits per heavy atom. The van der Waals surface area contributed by atoms with E-state index in [2.05, 4.69) is 12.2 Å². The first-order valence-corrected chi connectivity index (χ1v) is 6.28. The van der Waals surface area contributed by atoms with E-state index in [1.807, 2.05) is 12.2 Å². The predicted octanol–water partition coefficient (Wildman–Crippen LogP) is 6.41. The van der Waals surface area contributed by atoms with Gasteiger partial charge in [0.15, 0.2) is 5.75 Å². The van der Waals surface area contributed by atoms with Crippen molar-refractivity contribution in [2.24, 2.45) is 0 Å². The zero-order chi connectivity index (χ0) is 13.0. The van der Waals surface area contributed by atoms with E-state index in [1.165, 1.54) is 0 Å². The summed E-state index contributed by atoms with van der Waals surface area (Å²) in [5, 5.41) is 9.01. The Balaban J connectivity index is 0. The minimum absolute atomic E-state index is 0. The monoisotopic (exact) mass is 392 g/mol. The molecular formula is C12H9Cl5OTi. The number of benzene rings is 1. The van der Waals surface area contributed by atoms with Gasteiger partial charge in [0, 0.05) is 0 Å². The molecule has 1 aliphatic carbocycles. The molecule has 102 valence electrons. The van der Waals surface area contributed by atoms with Gasteiger partial charge >= 0.3 is 21.7 Å². The summed E-state index contributed by atoms with van der Waals surface area (Å²) in [5.74, 6) is -0.363. The summed E-state index contributed by atoms with van der Waals surface area (Å²) in [6.45, 7) is 0. The van der Waals surface area contributed by atoms with Crippen LogP contribution in [0.5, 0.6) is 5.75 Å². The third kappa shape index (κ3) is 5.89. The van der Waals surface area contributed by atoms with Crippen LogP contribution in [0.1, 0.15) is 6.42 Å². The molecule has 0 heterocycles. The van der Waals surface area contributed by atoms with Crippen molar-refractivity contribution in [1.82, 2.24) is 0 Å². The van der Waals surface area contributed by atoms with Crippen LogP contribution in [-0.2, 0) is 21.7 Å². The topological polar surface area (TPSA) is 20.2 Å². The molecule has 2 rings (SSSR count). The summed E-state index contributed by atoms with van der Waals surface area (Å²) in [6.07, 6.45) is 10.0. The van der Waals surface area contributed by atoms with Gasteiger partial charge in [-0.05, 0) is 0 Å². The summed E-state index contributed by atoms with van der Waals surface area (Å²) in [6, 6.07) is 0. The Morgan fingerprint density at radius 1 is 0.895 bits per heavy atom. The van der Waals surface area contributed by atoms with Crippen LogP contribution in [0.15, 0.2) is 18.2 Å². The molecule has 1 N–H and O–H groups in total. The van der Waals surface area contributed by atoms with Gasteiger partial charge in [0.05, 0.1) is 15.1 Å². The maximum Gasteiger partial charge on any atom is 2.00 e. The average Bonchev–Trinajstić information content (AvgIpc) is 2.90. The Morgan fingerprint density at radius 2 is 1.32 bits per heavy atom. The van der Waals surface area contributed by atoms with Crippen molar-refractivity contribution in [1.29, 1.82) is 0 Å². The van der Waals surface area contributed by atoms with Gasteiger partial charge in [-0.1, -0.05) is 58.0 Å². The normalized spacial score (nSPS) is 11.2. The van der Waals surface area contributed by atoms with Crippen molar-refractivity contribution in [2.75, 3.05) is 0 Å². The summed E-state index contributed by atoms with van der Waals surface area (Å²) < 4.78 is 0. The largest absolute Gasteiger partial charge is 2.00 e. The molecule has 0 aromatic heterocycles. The first kappa shape index (κ1) is 22.0. The van der Waals surface area contributed by atoms with Crippen molar-refractivity contribution >= 4 is 58.0 Å². The van der Waals surface area contributed by atoms with E-state index in [0.717, 1.165) is 6.42 Å². The Bertz CT molecular complexity index is 371. The summed E-state index contributed by atoms with van der Waals surface area (Å²) in [4.78, 5) is 0. The number of aromatic hydroxyl groups is 1. The van der Waals surface area contributed by atoms with E-state index in [9.17, 15) is 5.11 Å². The van der Waals surface area contributed by atoms with Gasteiger partial charge < -0.3 is 12.5 Å². The van der Waals surface area contributed by atoms with Crippen molar-refractivity contribution in [3.05, 3.63) is 56.8 Å². The maximum absolute atomic E-state index is 9.20. The molecule has 0 spiro atoms. The fourth-order valence-electron chi connectivity index (χ4n) is 0.934. The molecule has 0 fully saturated rings. The van der Waals surface area contributed by atoms with Gasteiger partial charge in [0.2, 0.25) is 0 Å². The van der Waals surface area contributed by atoms with Gasteiger partial charge in [-0.3, -0.25) is 6.08 Å². The van der Waals surface area contributed by atoms with Gasteiger partial charge in [-0.15, -0.1) is 6.42 Å². The number of phenols is 1. The third-order valence-electron chi connectivity index (χ3n) is 1.77. The molecule has 7 heteroatoms. The second-order valence-corrected chi connectivity index (χ2v) is 4.81. The Kier molecular flexibility index (Phi) is 12.0. The Labute approximate surface area is 153 Å². The second kappa shape index (κ2) is 10.4. The molecule has 1 aromatic carbocycles. The first-order chi connectivity index (χ1) is 7.96. The quantitative estimate of drug-likeness (QED) is 0.233. The van der Waals surface area contributed by atoms with E-state index in [4.69, 9.17) is 58.0 Å². The number of hydrogen-bond acceptors (Lipinski definition) is 1. The average molecular weight is 394 g/mol. The number of rotatable bonds is 0. The van der Waals surface area contributed by atoms with Crippen molar-refractivity contribution < 1.29 is 26.8 Å².